The Balaban J connectivity index is 0.000000195. The predicted molar refractivity (Wildman–Crippen MR) is 361 cm³/mol. The summed E-state index contributed by atoms with van der Waals surface area (Å²) in [5, 5.41) is 16.7. The molecule has 1 fully saturated rings. The molecule has 0 saturated carbocycles. The second-order valence-electron chi connectivity index (χ2n) is 25.4. The summed E-state index contributed by atoms with van der Waals surface area (Å²) in [4.78, 5) is 60.2. The van der Waals surface area contributed by atoms with Crippen molar-refractivity contribution in [2.45, 2.75) is 172 Å². The van der Waals surface area contributed by atoms with Crippen molar-refractivity contribution in [3.63, 3.8) is 0 Å². The molecule has 4 aromatic carbocycles. The van der Waals surface area contributed by atoms with E-state index < -0.39 is 22.2 Å². The van der Waals surface area contributed by atoms with E-state index in [4.69, 9.17) is 74.8 Å². The minimum atomic E-state index is -0.457. The van der Waals surface area contributed by atoms with Crippen LogP contribution in [-0.2, 0) is 70.9 Å². The van der Waals surface area contributed by atoms with E-state index in [9.17, 15) is 24.0 Å². The highest BCUT2D eigenvalue weighted by molar-refractivity contribution is 6.32. The number of hydrogen-bond acceptors (Lipinski definition) is 15. The van der Waals surface area contributed by atoms with Crippen molar-refractivity contribution in [1.82, 2.24) is 39.1 Å². The molecule has 9 rings (SSSR count). The highest BCUT2D eigenvalue weighted by Crippen LogP contribution is 2.28. The number of benzene rings is 4. The van der Waals surface area contributed by atoms with Gasteiger partial charge in [-0.1, -0.05) is 157 Å². The molecule has 0 amide bonds. The van der Waals surface area contributed by atoms with Gasteiger partial charge in [-0.05, 0) is 136 Å². The van der Waals surface area contributed by atoms with Crippen molar-refractivity contribution in [1.29, 1.82) is 0 Å². The molecule has 0 atom stereocenters. The van der Waals surface area contributed by atoms with E-state index in [1.165, 1.54) is 61.6 Å². The van der Waals surface area contributed by atoms with Gasteiger partial charge in [-0.3, -0.25) is 24.0 Å². The van der Waals surface area contributed by atoms with Gasteiger partial charge in [0.25, 0.3) is 22.2 Å². The SMILES string of the molecule is CC(=O)c1ccc(COc2cnn(C(C)(C)C)c(=O)c2Cl)cc1.CC(C)(C)n1ncc(OCc2ccc(C3OCCO3)cc2)c(Cl)c1=O.CCc1ccc(COc2cnn(C(C)(C)C)c(=O)c2Cl)cc1.CCc1ccc(COc2cnn(C(C)(C)C)c(=O)c2Cl)cc1. The fourth-order valence-electron chi connectivity index (χ4n) is 8.53. The number of aromatic nitrogens is 8. The minimum absolute atomic E-state index is 0.00952. The van der Waals surface area contributed by atoms with E-state index in [0.717, 1.165) is 40.7 Å². The van der Waals surface area contributed by atoms with E-state index in [1.807, 2.05) is 132 Å². The van der Waals surface area contributed by atoms with E-state index in [1.54, 1.807) is 24.3 Å². The van der Waals surface area contributed by atoms with Crippen LogP contribution in [0.25, 0.3) is 0 Å². The third-order valence-corrected chi connectivity index (χ3v) is 15.2. The number of ether oxygens (including phenoxy) is 6. The van der Waals surface area contributed by atoms with E-state index in [2.05, 4.69) is 58.5 Å². The molecular formula is C69H82Cl4N8O11. The van der Waals surface area contributed by atoms with Crippen molar-refractivity contribution in [2.24, 2.45) is 0 Å². The average molecular weight is 1340 g/mol. The number of Topliss-reactive ketones (excluding diaryl/α,β-unsaturated/α-hetero) is 1. The summed E-state index contributed by atoms with van der Waals surface area (Å²) in [6, 6.07) is 31.1. The van der Waals surface area contributed by atoms with Crippen LogP contribution in [0.3, 0.4) is 0 Å². The largest absolute Gasteiger partial charge is 0.485 e. The number of nitrogens with zero attached hydrogens (tertiary/aromatic N) is 8. The number of carbonyl (C=O) groups is 1. The molecule has 4 aromatic heterocycles. The molecule has 0 N–H and O–H groups in total. The molecule has 492 valence electrons. The Bertz CT molecular complexity index is 3880. The van der Waals surface area contributed by atoms with Gasteiger partial charge in [0.2, 0.25) is 0 Å². The third-order valence-electron chi connectivity index (χ3n) is 13.8. The highest BCUT2D eigenvalue weighted by atomic mass is 35.5. The maximum absolute atomic E-state index is 12.3. The van der Waals surface area contributed by atoms with Gasteiger partial charge in [-0.2, -0.15) is 20.4 Å². The lowest BCUT2D eigenvalue weighted by atomic mass is 10.1. The Labute approximate surface area is 557 Å². The maximum atomic E-state index is 12.3. The standard InChI is InChI=1S/C18H21ClN2O4.C17H19ClN2O3.2C17H21ClN2O2/c1-18(2,3)21-16(22)15(19)14(10-20-21)25-11-12-4-6-13(7-5-12)17-23-8-9-24-17;1-11(21)13-7-5-12(6-8-13)10-23-14-9-19-20(17(2,3)4)16(22)15(14)18;2*1-5-12-6-8-13(9-7-12)11-22-14-10-19-20(17(2,3)4)16(21)15(14)18/h4-7,10,17H,8-9,11H2,1-3H3;5-9H,10H2,1-4H3;2*6-10H,5,11H2,1-4H3. The van der Waals surface area contributed by atoms with Gasteiger partial charge >= 0.3 is 0 Å². The summed E-state index contributed by atoms with van der Waals surface area (Å²) >= 11 is 24.5. The van der Waals surface area contributed by atoms with Gasteiger partial charge in [0, 0.05) is 11.1 Å². The Morgan fingerprint density at radius 2 is 0.641 bits per heavy atom. The van der Waals surface area contributed by atoms with Crippen molar-refractivity contribution >= 4 is 52.2 Å². The molecule has 0 radical (unpaired) electrons. The highest BCUT2D eigenvalue weighted by Gasteiger charge is 2.25. The first-order valence-corrected chi connectivity index (χ1v) is 31.4. The average Bonchev–Trinajstić information content (AvgIpc) is 2.37. The first kappa shape index (κ1) is 73.4. The van der Waals surface area contributed by atoms with Crippen molar-refractivity contribution < 1.29 is 33.2 Å². The smallest absolute Gasteiger partial charge is 0.289 e. The van der Waals surface area contributed by atoms with Crippen LogP contribution >= 0.6 is 46.4 Å². The van der Waals surface area contributed by atoms with Gasteiger partial charge < -0.3 is 28.4 Å². The number of aryl methyl sites for hydroxylation is 2. The lowest BCUT2D eigenvalue weighted by Gasteiger charge is -2.21. The van der Waals surface area contributed by atoms with Crippen molar-refractivity contribution in [3.8, 4) is 23.0 Å². The quantitative estimate of drug-likeness (QED) is 0.0823. The fourth-order valence-corrected chi connectivity index (χ4v) is 9.26. The van der Waals surface area contributed by atoms with Crippen LogP contribution in [-0.4, -0.2) is 58.1 Å². The van der Waals surface area contributed by atoms with Gasteiger partial charge in [0.05, 0.1) is 60.2 Å². The van der Waals surface area contributed by atoms with Crippen LogP contribution in [0.15, 0.2) is 141 Å². The summed E-state index contributed by atoms with van der Waals surface area (Å²) in [6.45, 7) is 30.8. The molecule has 0 bridgehead atoms. The van der Waals surface area contributed by atoms with Gasteiger partial charge in [-0.25, -0.2) is 18.7 Å². The molecule has 92 heavy (non-hydrogen) atoms. The molecule has 5 heterocycles. The summed E-state index contributed by atoms with van der Waals surface area (Å²) < 4.78 is 38.8. The van der Waals surface area contributed by atoms with Gasteiger partial charge in [0.15, 0.2) is 55.2 Å². The van der Waals surface area contributed by atoms with Gasteiger partial charge in [0.1, 0.15) is 26.4 Å². The second kappa shape index (κ2) is 32.3. The van der Waals surface area contributed by atoms with Crippen LogP contribution in [0.2, 0.25) is 20.1 Å². The zero-order chi connectivity index (χ0) is 67.9. The minimum Gasteiger partial charge on any atom is -0.485 e. The van der Waals surface area contributed by atoms with Crippen LogP contribution in [0.1, 0.15) is 159 Å². The second-order valence-corrected chi connectivity index (χ2v) is 26.9. The number of halogens is 4. The van der Waals surface area contributed by atoms with Crippen LogP contribution < -0.4 is 41.2 Å². The molecule has 0 unspecified atom stereocenters. The monoisotopic (exact) mass is 1340 g/mol. The topological polar surface area (TPSA) is 212 Å². The van der Waals surface area contributed by atoms with E-state index in [0.29, 0.717) is 43.5 Å². The summed E-state index contributed by atoms with van der Waals surface area (Å²) in [6.07, 6.45) is 7.62. The lowest BCUT2D eigenvalue weighted by Crippen LogP contribution is -2.36. The molecule has 0 spiro atoms. The summed E-state index contributed by atoms with van der Waals surface area (Å²) in [5.74, 6) is 1.15. The number of hydrogen-bond donors (Lipinski definition) is 0. The van der Waals surface area contributed by atoms with Crippen LogP contribution in [0.4, 0.5) is 0 Å². The molecular weight excluding hydrogens is 1260 g/mol. The van der Waals surface area contributed by atoms with Crippen molar-refractivity contribution in [2.75, 3.05) is 13.2 Å². The third kappa shape index (κ3) is 20.4. The molecule has 1 saturated heterocycles. The maximum Gasteiger partial charge on any atom is 0.289 e. The molecule has 23 heteroatoms. The van der Waals surface area contributed by atoms with Crippen LogP contribution in [0.5, 0.6) is 23.0 Å². The Morgan fingerprint density at radius 1 is 0.413 bits per heavy atom. The molecule has 1 aliphatic rings. The number of ketones is 1. The van der Waals surface area contributed by atoms with E-state index >= 15 is 0 Å². The fraction of sp³-hybridized carbons (Fsp3) is 0.406. The normalized spacial score (nSPS) is 12.6. The number of carbonyl (C=O) groups excluding carboxylic acids is 1. The Morgan fingerprint density at radius 3 is 0.870 bits per heavy atom. The Hall–Kier alpha value is -7.65. The first-order valence-electron chi connectivity index (χ1n) is 29.9. The zero-order valence-electron chi connectivity index (χ0n) is 54.9. The summed E-state index contributed by atoms with van der Waals surface area (Å²) in [5.41, 5.74) is 4.83. The van der Waals surface area contributed by atoms with Gasteiger partial charge in [-0.15, -0.1) is 0 Å². The van der Waals surface area contributed by atoms with Crippen LogP contribution in [0, 0.1) is 0 Å². The molecule has 8 aromatic rings. The zero-order valence-corrected chi connectivity index (χ0v) is 57.9. The first-order chi connectivity index (χ1) is 43.2. The molecule has 0 aliphatic carbocycles. The summed E-state index contributed by atoms with van der Waals surface area (Å²) in [7, 11) is 0. The van der Waals surface area contributed by atoms with Crippen molar-refractivity contribution in [3.05, 3.63) is 228 Å². The Kier molecular flexibility index (Phi) is 25.7. The molecule has 19 nitrogen and oxygen atoms in total. The van der Waals surface area contributed by atoms with E-state index in [-0.39, 0.29) is 79.1 Å². The molecule has 1 aliphatic heterocycles. The number of rotatable bonds is 16. The lowest BCUT2D eigenvalue weighted by molar-refractivity contribution is -0.0441. The predicted octanol–water partition coefficient (Wildman–Crippen LogP) is 14.3.